The molecule has 0 aliphatic heterocycles. The van der Waals surface area contributed by atoms with Crippen LogP contribution < -0.4 is 10.6 Å². The molecule has 0 saturated carbocycles. The number of aryl methyl sites for hydroxylation is 1. The zero-order valence-electron chi connectivity index (χ0n) is 11.1. The van der Waals surface area contributed by atoms with Crippen molar-refractivity contribution in [1.82, 2.24) is 15.1 Å². The fraction of sp³-hybridized carbons (Fsp3) is 0.333. The number of hydrogen-bond acceptors (Lipinski definition) is 6. The van der Waals surface area contributed by atoms with Gasteiger partial charge in [0.2, 0.25) is 0 Å². The van der Waals surface area contributed by atoms with Gasteiger partial charge in [0.1, 0.15) is 11.0 Å². The molecule has 0 unspecified atom stereocenters. The number of anilines is 2. The summed E-state index contributed by atoms with van der Waals surface area (Å²) >= 11 is 5.90. The minimum absolute atomic E-state index is 0.0449. The summed E-state index contributed by atoms with van der Waals surface area (Å²) in [4.78, 5) is 20.0. The number of carbonyl (C=O) groups is 1. The Bertz CT molecular complexity index is 614. The molecule has 0 atom stereocenters. The van der Waals surface area contributed by atoms with Crippen LogP contribution in [0.5, 0.6) is 0 Å². The van der Waals surface area contributed by atoms with Gasteiger partial charge < -0.3 is 9.84 Å². The number of nitrogens with zero attached hydrogens (tertiary/aromatic N) is 3. The molecule has 0 spiro atoms. The van der Waals surface area contributed by atoms with Crippen LogP contribution in [-0.2, 0) is 0 Å². The molecule has 8 heteroatoms. The van der Waals surface area contributed by atoms with Gasteiger partial charge in [0.15, 0.2) is 5.82 Å². The van der Waals surface area contributed by atoms with E-state index in [1.165, 1.54) is 6.07 Å². The average molecular weight is 296 g/mol. The number of hydrogen-bond donors (Lipinski definition) is 2. The Morgan fingerprint density at radius 1 is 1.40 bits per heavy atom. The van der Waals surface area contributed by atoms with Gasteiger partial charge in [-0.05, 0) is 25.5 Å². The molecule has 2 N–H and O–H groups in total. The molecule has 20 heavy (non-hydrogen) atoms. The van der Waals surface area contributed by atoms with Crippen molar-refractivity contribution in [2.75, 3.05) is 17.2 Å². The lowest BCUT2D eigenvalue weighted by atomic mass is 10.2. The summed E-state index contributed by atoms with van der Waals surface area (Å²) < 4.78 is 4.82. The lowest BCUT2D eigenvalue weighted by molar-refractivity contribution is 0.102. The summed E-state index contributed by atoms with van der Waals surface area (Å²) in [6.45, 7) is 4.44. The van der Waals surface area contributed by atoms with E-state index in [4.69, 9.17) is 16.1 Å². The second-order valence-corrected chi connectivity index (χ2v) is 4.48. The van der Waals surface area contributed by atoms with E-state index >= 15 is 0 Å². The first-order chi connectivity index (χ1) is 9.58. The highest BCUT2D eigenvalue weighted by molar-refractivity contribution is 6.30. The summed E-state index contributed by atoms with van der Waals surface area (Å²) in [7, 11) is 0. The molecule has 2 aromatic heterocycles. The maximum atomic E-state index is 12.0. The van der Waals surface area contributed by atoms with E-state index in [1.807, 2.05) is 6.92 Å². The third-order valence-electron chi connectivity index (χ3n) is 2.36. The van der Waals surface area contributed by atoms with Gasteiger partial charge in [0.25, 0.3) is 5.91 Å². The van der Waals surface area contributed by atoms with Gasteiger partial charge in [0, 0.05) is 12.1 Å². The smallest absolute Gasteiger partial charge is 0.328 e. The predicted octanol–water partition coefficient (Wildman–Crippen LogP) is 2.50. The van der Waals surface area contributed by atoms with Crippen LogP contribution in [0, 0.1) is 6.92 Å². The highest BCUT2D eigenvalue weighted by atomic mass is 35.5. The van der Waals surface area contributed by atoms with Crippen LogP contribution in [0.4, 0.5) is 11.8 Å². The normalized spacial score (nSPS) is 10.3. The summed E-state index contributed by atoms with van der Waals surface area (Å²) in [6.07, 6.45) is 0.941. The number of carbonyl (C=O) groups excluding carboxylic acids is 1. The van der Waals surface area contributed by atoms with Crippen LogP contribution in [-0.4, -0.2) is 27.6 Å². The highest BCUT2D eigenvalue weighted by Gasteiger charge is 2.12. The van der Waals surface area contributed by atoms with E-state index in [9.17, 15) is 4.79 Å². The first-order valence-corrected chi connectivity index (χ1v) is 6.49. The summed E-state index contributed by atoms with van der Waals surface area (Å²) in [5.74, 6) is 0.599. The highest BCUT2D eigenvalue weighted by Crippen LogP contribution is 2.16. The first-order valence-electron chi connectivity index (χ1n) is 6.11. The van der Waals surface area contributed by atoms with Gasteiger partial charge in [-0.2, -0.15) is 4.98 Å². The van der Waals surface area contributed by atoms with Crippen molar-refractivity contribution in [2.24, 2.45) is 0 Å². The number of pyridine rings is 1. The minimum Gasteiger partial charge on any atom is -0.370 e. The van der Waals surface area contributed by atoms with E-state index in [-0.39, 0.29) is 11.2 Å². The maximum Gasteiger partial charge on any atom is 0.328 e. The lowest BCUT2D eigenvalue weighted by Gasteiger charge is -2.07. The second-order valence-electron chi connectivity index (χ2n) is 4.09. The van der Waals surface area contributed by atoms with Crippen molar-refractivity contribution in [3.8, 4) is 0 Å². The Kier molecular flexibility index (Phi) is 4.52. The molecule has 0 saturated heterocycles. The molecule has 0 aromatic carbocycles. The predicted molar refractivity (Wildman–Crippen MR) is 75.0 cm³/mol. The van der Waals surface area contributed by atoms with Gasteiger partial charge in [-0.25, -0.2) is 4.98 Å². The van der Waals surface area contributed by atoms with Crippen LogP contribution in [0.15, 0.2) is 16.7 Å². The molecular formula is C12H14ClN5O2. The van der Waals surface area contributed by atoms with Gasteiger partial charge >= 0.3 is 6.01 Å². The molecule has 1 amide bonds. The average Bonchev–Trinajstić information content (AvgIpc) is 2.81. The van der Waals surface area contributed by atoms with Crippen molar-refractivity contribution in [3.63, 3.8) is 0 Å². The largest absolute Gasteiger partial charge is 0.370 e. The molecule has 106 valence electrons. The zero-order chi connectivity index (χ0) is 14.5. The molecule has 0 radical (unpaired) electrons. The van der Waals surface area contributed by atoms with Crippen molar-refractivity contribution in [3.05, 3.63) is 28.7 Å². The van der Waals surface area contributed by atoms with E-state index in [0.717, 1.165) is 13.0 Å². The first kappa shape index (κ1) is 14.3. The van der Waals surface area contributed by atoms with Gasteiger partial charge in [-0.15, -0.1) is 0 Å². The molecule has 2 aromatic rings. The standard InChI is InChI=1S/C12H14ClN5O2/c1-3-4-14-10-6-8(5-9(13)16-10)11(19)17-12-15-7(2)18-20-12/h5-6H,3-4H2,1-2H3,(H,14,16)(H,15,17,18,19). The summed E-state index contributed by atoms with van der Waals surface area (Å²) in [6, 6.07) is 3.13. The molecule has 0 aliphatic carbocycles. The van der Waals surface area contributed by atoms with Crippen LogP contribution in [0.2, 0.25) is 5.15 Å². The fourth-order valence-corrected chi connectivity index (χ4v) is 1.70. The Balaban J connectivity index is 2.14. The molecule has 0 fully saturated rings. The fourth-order valence-electron chi connectivity index (χ4n) is 1.49. The van der Waals surface area contributed by atoms with Crippen molar-refractivity contribution in [1.29, 1.82) is 0 Å². The summed E-state index contributed by atoms with van der Waals surface area (Å²) in [5, 5.41) is 9.39. The number of halogens is 1. The quantitative estimate of drug-likeness (QED) is 0.823. The Morgan fingerprint density at radius 2 is 2.20 bits per heavy atom. The van der Waals surface area contributed by atoms with E-state index in [1.54, 1.807) is 13.0 Å². The summed E-state index contributed by atoms with van der Waals surface area (Å²) in [5.41, 5.74) is 0.361. The number of aromatic nitrogens is 3. The molecule has 2 heterocycles. The van der Waals surface area contributed by atoms with Crippen molar-refractivity contribution < 1.29 is 9.32 Å². The Hall–Kier alpha value is -2.15. The van der Waals surface area contributed by atoms with Gasteiger partial charge in [-0.1, -0.05) is 23.7 Å². The molecule has 0 bridgehead atoms. The zero-order valence-corrected chi connectivity index (χ0v) is 11.9. The van der Waals surface area contributed by atoms with Crippen molar-refractivity contribution >= 4 is 29.3 Å². The third-order valence-corrected chi connectivity index (χ3v) is 2.55. The van der Waals surface area contributed by atoms with Crippen molar-refractivity contribution in [2.45, 2.75) is 20.3 Å². The number of nitrogens with one attached hydrogen (secondary N) is 2. The molecule has 0 aliphatic rings. The number of amides is 1. The van der Waals surface area contributed by atoms with E-state index < -0.39 is 5.91 Å². The van der Waals surface area contributed by atoms with Gasteiger partial charge in [0.05, 0.1) is 0 Å². The monoisotopic (exact) mass is 295 g/mol. The number of rotatable bonds is 5. The van der Waals surface area contributed by atoms with E-state index in [2.05, 4.69) is 25.8 Å². The van der Waals surface area contributed by atoms with Crippen LogP contribution >= 0.6 is 11.6 Å². The molecule has 7 nitrogen and oxygen atoms in total. The van der Waals surface area contributed by atoms with Crippen LogP contribution in [0.3, 0.4) is 0 Å². The van der Waals surface area contributed by atoms with E-state index in [0.29, 0.717) is 17.2 Å². The molecule has 2 rings (SSSR count). The third kappa shape index (κ3) is 3.67. The van der Waals surface area contributed by atoms with Gasteiger partial charge in [-0.3, -0.25) is 10.1 Å². The second kappa shape index (κ2) is 6.33. The molecular weight excluding hydrogens is 282 g/mol. The Labute approximate surface area is 120 Å². The van der Waals surface area contributed by atoms with Crippen LogP contribution in [0.25, 0.3) is 0 Å². The van der Waals surface area contributed by atoms with Crippen LogP contribution in [0.1, 0.15) is 29.5 Å². The maximum absolute atomic E-state index is 12.0. The SMILES string of the molecule is CCCNc1cc(C(=O)Nc2nc(C)no2)cc(Cl)n1. The minimum atomic E-state index is -0.391. The Morgan fingerprint density at radius 3 is 2.85 bits per heavy atom. The topological polar surface area (TPSA) is 92.9 Å². The lowest BCUT2D eigenvalue weighted by Crippen LogP contribution is -2.13.